The Labute approximate surface area is 161 Å². The monoisotopic (exact) mass is 325 g/mol. The summed E-state index contributed by atoms with van der Waals surface area (Å²) in [6.07, 6.45) is -4.68. The summed E-state index contributed by atoms with van der Waals surface area (Å²) >= 11 is 0. The Hall–Kier alpha value is -2.62. The molecule has 3 aromatic rings. The highest BCUT2D eigenvalue weighted by Gasteiger charge is 2.18. The van der Waals surface area contributed by atoms with Crippen LogP contribution in [0, 0.1) is 13.7 Å². The first-order valence-electron chi connectivity index (χ1n) is 15.2. The molecule has 2 aromatic heterocycles. The van der Waals surface area contributed by atoms with Crippen molar-refractivity contribution >= 4 is 11.6 Å². The van der Waals surface area contributed by atoms with Gasteiger partial charge in [-0.15, -0.1) is 0 Å². The minimum atomic E-state index is -3.54. The second-order valence-electron chi connectivity index (χ2n) is 4.44. The Morgan fingerprint density at radius 3 is 2.70 bits per heavy atom. The first kappa shape index (κ1) is 4.69. The van der Waals surface area contributed by atoms with Crippen LogP contribution in [0.5, 0.6) is 0 Å². The minimum Gasteiger partial charge on any atom is -0.348 e. The largest absolute Gasteiger partial charge is 0.348 e. The lowest BCUT2D eigenvalue weighted by Crippen LogP contribution is -2.24. The number of hydrogen-bond acceptors (Lipinski definition) is 2. The van der Waals surface area contributed by atoms with Gasteiger partial charge in [-0.3, -0.25) is 4.79 Å². The molecule has 0 spiro atoms. The van der Waals surface area contributed by atoms with E-state index in [1.165, 1.54) is 0 Å². The first-order valence-corrected chi connectivity index (χ1v) is 6.22. The van der Waals surface area contributed by atoms with Gasteiger partial charge in [0.2, 0.25) is 5.91 Å². The van der Waals surface area contributed by atoms with E-state index in [1.54, 1.807) is 0 Å². The number of nitrogens with zero attached hydrogens (tertiary/aromatic N) is 3. The normalized spacial score (nSPS) is 24.6. The zero-order valence-corrected chi connectivity index (χ0v) is 11.7. The minimum absolute atomic E-state index is 0.0255. The highest BCUT2D eigenvalue weighted by Crippen LogP contribution is 2.26. The Balaban J connectivity index is 2.68. The molecule has 0 N–H and O–H groups in total. The average Bonchev–Trinajstić information content (AvgIpc) is 3.20. The number of carbonyl (C=O) groups excluding carboxylic acids is 1. The summed E-state index contributed by atoms with van der Waals surface area (Å²) in [4.78, 5) is 17.2. The number of carbonyl (C=O) groups is 1. The number of imidazole rings is 1. The molecule has 4 nitrogen and oxygen atoms in total. The summed E-state index contributed by atoms with van der Waals surface area (Å²) in [5.74, 6) is -1.77. The van der Waals surface area contributed by atoms with Gasteiger partial charge in [0.15, 0.2) is 0 Å². The third-order valence-corrected chi connectivity index (χ3v) is 2.79. The van der Waals surface area contributed by atoms with Crippen LogP contribution in [0.25, 0.3) is 16.9 Å². The second kappa shape index (κ2) is 5.88. The molecule has 0 aliphatic heterocycles. The standard InChI is InChI=1S/C19H21N3O/c1-13-5-8-15(9-6-13)19-16(11-18(23)21(3)4)22-12-14(2)7-10-17(22)20-19/h5-10,12H,11H2,1-4H3/i1D3,2D3,3D3,5D,6D,7D,8D,9D,10D,11D2,12D. The fourth-order valence-corrected chi connectivity index (χ4v) is 1.78. The van der Waals surface area contributed by atoms with Crippen molar-refractivity contribution in [3.8, 4) is 11.3 Å². The molecule has 1 amide bonds. The molecule has 0 fully saturated rings. The number of fused-ring (bicyclic) bond motifs is 1. The van der Waals surface area contributed by atoms with E-state index in [-0.39, 0.29) is 4.90 Å². The van der Waals surface area contributed by atoms with Gasteiger partial charge in [-0.05, 0) is 25.3 Å². The maximum Gasteiger partial charge on any atom is 0.228 e. The molecular weight excluding hydrogens is 286 g/mol. The van der Waals surface area contributed by atoms with Crippen LogP contribution < -0.4 is 0 Å². The van der Waals surface area contributed by atoms with E-state index in [1.807, 2.05) is 0 Å². The van der Waals surface area contributed by atoms with Crippen LogP contribution in [0.1, 0.15) is 41.5 Å². The Kier molecular flexibility index (Phi) is 1.20. The SMILES string of the molecule is [2H]c1c([2H])c(C([2H])([2H])[2H])c([2H])c([2H])c1-c1nc2c([2H])c([2H])c(C([2H])([2H])[2H])c([2H])n2c1C([2H])([2H])C(=O)N(C)C([2H])([2H])[2H]. The van der Waals surface area contributed by atoms with Gasteiger partial charge in [-0.25, -0.2) is 4.98 Å². The molecule has 3 rings (SSSR count). The molecule has 0 saturated carbocycles. The average molecular weight is 326 g/mol. The van der Waals surface area contributed by atoms with Crippen molar-refractivity contribution in [3.63, 3.8) is 0 Å². The van der Waals surface area contributed by atoms with Gasteiger partial charge in [-0.2, -0.15) is 0 Å². The zero-order chi connectivity index (χ0) is 31.9. The van der Waals surface area contributed by atoms with Crippen LogP contribution in [0.2, 0.25) is 0 Å². The van der Waals surface area contributed by atoms with Gasteiger partial charge in [0, 0.05) is 40.8 Å². The third-order valence-electron chi connectivity index (χ3n) is 2.79. The summed E-state index contributed by atoms with van der Waals surface area (Å²) in [6, 6.07) is -6.24. The van der Waals surface area contributed by atoms with Gasteiger partial charge in [0.25, 0.3) is 0 Å². The molecule has 0 unspecified atom stereocenters. The van der Waals surface area contributed by atoms with Crippen molar-refractivity contribution in [1.29, 1.82) is 0 Å². The Morgan fingerprint density at radius 1 is 1.26 bits per heavy atom. The molecule has 2 heterocycles. The second-order valence-corrected chi connectivity index (χ2v) is 4.44. The number of benzene rings is 1. The molecule has 0 atom stereocenters. The number of aromatic nitrogens is 2. The van der Waals surface area contributed by atoms with E-state index in [0.29, 0.717) is 4.40 Å². The molecule has 0 saturated heterocycles. The van der Waals surface area contributed by atoms with Crippen LogP contribution in [-0.2, 0) is 11.2 Å². The quantitative estimate of drug-likeness (QED) is 0.741. The van der Waals surface area contributed by atoms with Gasteiger partial charge in [-0.1, -0.05) is 35.8 Å². The molecule has 0 radical (unpaired) electrons. The molecular formula is C19H21N3O. The van der Waals surface area contributed by atoms with Gasteiger partial charge >= 0.3 is 0 Å². The Bertz CT molecular complexity index is 1550. The lowest BCUT2D eigenvalue weighted by molar-refractivity contribution is -0.128. The van der Waals surface area contributed by atoms with Crippen molar-refractivity contribution in [2.45, 2.75) is 20.1 Å². The third kappa shape index (κ3) is 2.97. The van der Waals surface area contributed by atoms with E-state index in [2.05, 4.69) is 4.98 Å². The maximum absolute atomic E-state index is 13.2. The van der Waals surface area contributed by atoms with Gasteiger partial charge < -0.3 is 9.30 Å². The predicted molar refractivity (Wildman–Crippen MR) is 92.5 cm³/mol. The van der Waals surface area contributed by atoms with Crippen molar-refractivity contribution in [2.24, 2.45) is 0 Å². The number of rotatable bonds is 3. The molecule has 1 aromatic carbocycles. The highest BCUT2D eigenvalue weighted by molar-refractivity contribution is 5.81. The number of pyridine rings is 1. The van der Waals surface area contributed by atoms with E-state index in [4.69, 9.17) is 24.7 Å². The van der Waals surface area contributed by atoms with E-state index >= 15 is 0 Å². The number of hydrogen-bond donors (Lipinski definition) is 0. The van der Waals surface area contributed by atoms with E-state index in [0.717, 1.165) is 7.05 Å². The lowest BCUT2D eigenvalue weighted by Gasteiger charge is -2.11. The molecule has 23 heavy (non-hydrogen) atoms. The molecule has 4 heteroatoms. The molecule has 0 aliphatic carbocycles. The van der Waals surface area contributed by atoms with E-state index < -0.39 is 109 Å². The molecule has 118 valence electrons. The van der Waals surface area contributed by atoms with E-state index in [9.17, 15) is 4.79 Å². The first-order chi connectivity index (χ1) is 18.3. The maximum atomic E-state index is 13.2. The summed E-state index contributed by atoms with van der Waals surface area (Å²) < 4.78 is 144. The van der Waals surface area contributed by atoms with Crippen molar-refractivity contribution in [2.75, 3.05) is 14.0 Å². The van der Waals surface area contributed by atoms with Crippen molar-refractivity contribution in [1.82, 2.24) is 14.3 Å². The van der Waals surface area contributed by atoms with Crippen LogP contribution >= 0.6 is 0 Å². The van der Waals surface area contributed by atoms with Gasteiger partial charge in [0.05, 0.1) is 27.4 Å². The van der Waals surface area contributed by atoms with Crippen LogP contribution in [0.15, 0.2) is 42.4 Å². The summed E-state index contributed by atoms with van der Waals surface area (Å²) in [5, 5.41) is 0. The summed E-state index contributed by atoms with van der Waals surface area (Å²) in [5.41, 5.74) is -5.75. The van der Waals surface area contributed by atoms with Gasteiger partial charge in [0.1, 0.15) is 5.65 Å². The predicted octanol–water partition coefficient (Wildman–Crippen LogP) is 3.25. The smallest absolute Gasteiger partial charge is 0.228 e. The fraction of sp³-hybridized carbons (Fsp3) is 0.263. The molecule has 0 bridgehead atoms. The topological polar surface area (TPSA) is 37.6 Å². The Morgan fingerprint density at radius 2 is 2.00 bits per heavy atom. The van der Waals surface area contributed by atoms with Crippen molar-refractivity contribution in [3.05, 3.63) is 59.2 Å². The number of likely N-dealkylation sites (N-methyl/N-ethyl adjacent to an activating group) is 1. The lowest BCUT2D eigenvalue weighted by atomic mass is 10.1. The van der Waals surface area contributed by atoms with Crippen molar-refractivity contribution < 1.29 is 29.5 Å². The summed E-state index contributed by atoms with van der Waals surface area (Å²) in [7, 11) is 0.726. The number of amides is 1. The van der Waals surface area contributed by atoms with Crippen LogP contribution in [0.4, 0.5) is 0 Å². The summed E-state index contributed by atoms with van der Waals surface area (Å²) in [6.45, 7) is -9.53. The van der Waals surface area contributed by atoms with Crippen LogP contribution in [0.3, 0.4) is 0 Å². The fourth-order valence-electron chi connectivity index (χ4n) is 1.78. The molecule has 0 aliphatic rings. The van der Waals surface area contributed by atoms with Crippen LogP contribution in [-0.4, -0.2) is 34.2 Å². The zero-order valence-electron chi connectivity index (χ0n) is 29.7. The highest BCUT2D eigenvalue weighted by atomic mass is 16.2.